The average Bonchev–Trinajstić information content (AvgIpc) is 3.10. The maximum atomic E-state index is 12.3. The number of rotatable bonds is 8. The molecule has 2 amide bonds. The van der Waals surface area contributed by atoms with E-state index in [2.05, 4.69) is 10.6 Å². The molecule has 138 valence electrons. The number of anilines is 1. The number of carboxylic acids is 1. The van der Waals surface area contributed by atoms with Crippen molar-refractivity contribution in [2.45, 2.75) is 32.7 Å². The summed E-state index contributed by atoms with van der Waals surface area (Å²) < 4.78 is 0. The monoisotopic (exact) mass is 374 g/mol. The molecule has 0 radical (unpaired) electrons. The maximum Gasteiger partial charge on any atom is 0.306 e. The number of carbonyl (C=O) groups is 3. The topological polar surface area (TPSA) is 95.5 Å². The molecular weight excluding hydrogens is 352 g/mol. The first-order valence-electron chi connectivity index (χ1n) is 8.27. The molecule has 6 nitrogen and oxygen atoms in total. The minimum absolute atomic E-state index is 0.137. The van der Waals surface area contributed by atoms with Gasteiger partial charge in [0.1, 0.15) is 0 Å². The molecule has 1 aromatic carbocycles. The van der Waals surface area contributed by atoms with E-state index in [0.717, 1.165) is 10.4 Å². The molecular formula is C19H22N2O4S. The Labute approximate surface area is 156 Å². The van der Waals surface area contributed by atoms with Gasteiger partial charge in [0.15, 0.2) is 0 Å². The summed E-state index contributed by atoms with van der Waals surface area (Å²) in [5.74, 6) is -1.68. The van der Waals surface area contributed by atoms with Crippen molar-refractivity contribution in [3.63, 3.8) is 0 Å². The molecule has 2 atom stereocenters. The van der Waals surface area contributed by atoms with E-state index < -0.39 is 11.9 Å². The van der Waals surface area contributed by atoms with Crippen molar-refractivity contribution < 1.29 is 19.5 Å². The van der Waals surface area contributed by atoms with Crippen LogP contribution >= 0.6 is 11.3 Å². The maximum absolute atomic E-state index is 12.3. The first-order chi connectivity index (χ1) is 12.3. The summed E-state index contributed by atoms with van der Waals surface area (Å²) in [5, 5.41) is 16.5. The molecule has 26 heavy (non-hydrogen) atoms. The molecule has 0 aliphatic carbocycles. The summed E-state index contributed by atoms with van der Waals surface area (Å²) in [6.45, 7) is 3.08. The van der Waals surface area contributed by atoms with Crippen molar-refractivity contribution in [3.8, 4) is 0 Å². The van der Waals surface area contributed by atoms with Crippen molar-refractivity contribution in [1.82, 2.24) is 5.32 Å². The Morgan fingerprint density at radius 2 is 1.85 bits per heavy atom. The molecule has 2 aromatic rings. The lowest BCUT2D eigenvalue weighted by atomic mass is 10.0. The third-order valence-electron chi connectivity index (χ3n) is 3.85. The van der Waals surface area contributed by atoms with Gasteiger partial charge in [-0.3, -0.25) is 14.4 Å². The molecule has 3 N–H and O–H groups in total. The number of amides is 2. The Kier molecular flexibility index (Phi) is 6.91. The van der Waals surface area contributed by atoms with Crippen molar-refractivity contribution >= 4 is 34.8 Å². The molecule has 0 saturated heterocycles. The summed E-state index contributed by atoms with van der Waals surface area (Å²) in [6.07, 6.45) is 0.574. The zero-order valence-corrected chi connectivity index (χ0v) is 15.5. The molecule has 0 aliphatic rings. The van der Waals surface area contributed by atoms with Gasteiger partial charge in [-0.25, -0.2) is 0 Å². The van der Waals surface area contributed by atoms with Crippen LogP contribution in [-0.4, -0.2) is 22.9 Å². The fourth-order valence-corrected chi connectivity index (χ4v) is 3.30. The van der Waals surface area contributed by atoms with Crippen LogP contribution in [0.2, 0.25) is 0 Å². The largest absolute Gasteiger partial charge is 0.481 e. The van der Waals surface area contributed by atoms with Crippen LogP contribution in [-0.2, 0) is 20.8 Å². The number of hydrogen-bond donors (Lipinski definition) is 3. The van der Waals surface area contributed by atoms with Crippen molar-refractivity contribution in [1.29, 1.82) is 0 Å². The minimum Gasteiger partial charge on any atom is -0.481 e. The zero-order valence-electron chi connectivity index (χ0n) is 14.7. The Morgan fingerprint density at radius 3 is 2.38 bits per heavy atom. The summed E-state index contributed by atoms with van der Waals surface area (Å²) >= 11 is 1.49. The van der Waals surface area contributed by atoms with Crippen molar-refractivity contribution in [3.05, 3.63) is 52.2 Å². The van der Waals surface area contributed by atoms with Crippen LogP contribution in [0.4, 0.5) is 5.69 Å². The second-order valence-electron chi connectivity index (χ2n) is 6.16. The molecule has 0 bridgehead atoms. The second-order valence-corrected chi connectivity index (χ2v) is 7.14. The molecule has 1 aromatic heterocycles. The van der Waals surface area contributed by atoms with Crippen LogP contribution in [0, 0.1) is 5.92 Å². The zero-order chi connectivity index (χ0) is 19.1. The highest BCUT2D eigenvalue weighted by Crippen LogP contribution is 2.23. The number of aliphatic carboxylic acids is 1. The Balaban J connectivity index is 1.95. The van der Waals surface area contributed by atoms with Crippen LogP contribution in [0.15, 0.2) is 41.8 Å². The molecule has 7 heteroatoms. The predicted octanol–water partition coefficient (Wildman–Crippen LogP) is 3.22. The molecule has 0 aliphatic heterocycles. The number of carbonyl (C=O) groups excluding carboxylic acids is 2. The smallest absolute Gasteiger partial charge is 0.306 e. The minimum atomic E-state index is -0.833. The summed E-state index contributed by atoms with van der Waals surface area (Å²) in [7, 11) is 0. The van der Waals surface area contributed by atoms with Gasteiger partial charge in [0.05, 0.1) is 18.4 Å². The van der Waals surface area contributed by atoms with E-state index in [1.54, 1.807) is 31.2 Å². The second kappa shape index (κ2) is 9.15. The van der Waals surface area contributed by atoms with Crippen LogP contribution in [0.1, 0.15) is 36.8 Å². The van der Waals surface area contributed by atoms with E-state index >= 15 is 0 Å². The van der Waals surface area contributed by atoms with Crippen LogP contribution < -0.4 is 10.6 Å². The molecule has 2 unspecified atom stereocenters. The predicted molar refractivity (Wildman–Crippen MR) is 101 cm³/mol. The van der Waals surface area contributed by atoms with E-state index in [0.29, 0.717) is 12.1 Å². The van der Waals surface area contributed by atoms with E-state index in [1.165, 1.54) is 18.3 Å². The molecule has 0 spiro atoms. The van der Waals surface area contributed by atoms with Crippen molar-refractivity contribution in [2.24, 2.45) is 5.92 Å². The van der Waals surface area contributed by atoms with Gasteiger partial charge in [0.25, 0.3) is 0 Å². The van der Waals surface area contributed by atoms with Crippen LogP contribution in [0.5, 0.6) is 0 Å². The lowest BCUT2D eigenvalue weighted by Crippen LogP contribution is -2.29. The standard InChI is InChI=1S/C19H22N2O4S/c1-12(19(24)25)10-14-5-7-15(8-6-14)21-18(23)11-16(20-13(2)22)17-4-3-9-26-17/h3-9,12,16H,10-11H2,1-2H3,(H,20,22)(H,21,23)(H,24,25). The fourth-order valence-electron chi connectivity index (χ4n) is 2.52. The number of benzene rings is 1. The highest BCUT2D eigenvalue weighted by atomic mass is 32.1. The van der Waals surface area contributed by atoms with Crippen LogP contribution in [0.3, 0.4) is 0 Å². The molecule has 0 saturated carbocycles. The normalized spacial score (nSPS) is 12.8. The lowest BCUT2D eigenvalue weighted by molar-refractivity contribution is -0.141. The first kappa shape index (κ1) is 19.7. The highest BCUT2D eigenvalue weighted by molar-refractivity contribution is 7.10. The Hall–Kier alpha value is -2.67. The van der Waals surface area contributed by atoms with Gasteiger partial charge < -0.3 is 15.7 Å². The van der Waals surface area contributed by atoms with Gasteiger partial charge in [-0.05, 0) is 35.6 Å². The summed E-state index contributed by atoms with van der Waals surface area (Å²) in [5.41, 5.74) is 1.53. The van der Waals surface area contributed by atoms with Gasteiger partial charge >= 0.3 is 5.97 Å². The SMILES string of the molecule is CC(=O)NC(CC(=O)Nc1ccc(CC(C)C(=O)O)cc1)c1cccs1. The van der Waals surface area contributed by atoms with E-state index in [1.807, 2.05) is 17.5 Å². The van der Waals surface area contributed by atoms with Gasteiger partial charge in [0, 0.05) is 17.5 Å². The van der Waals surface area contributed by atoms with Gasteiger partial charge in [-0.15, -0.1) is 11.3 Å². The van der Waals surface area contributed by atoms with Crippen LogP contribution in [0.25, 0.3) is 0 Å². The summed E-state index contributed by atoms with van der Waals surface area (Å²) in [4.78, 5) is 35.5. The third kappa shape index (κ3) is 6.00. The quantitative estimate of drug-likeness (QED) is 0.661. The fraction of sp³-hybridized carbons (Fsp3) is 0.316. The summed E-state index contributed by atoms with van der Waals surface area (Å²) in [6, 6.07) is 10.5. The Bertz CT molecular complexity index is 756. The number of hydrogen-bond acceptors (Lipinski definition) is 4. The molecule has 1 heterocycles. The van der Waals surface area contributed by atoms with Gasteiger partial charge in [-0.1, -0.05) is 25.1 Å². The highest BCUT2D eigenvalue weighted by Gasteiger charge is 2.18. The van der Waals surface area contributed by atoms with E-state index in [-0.39, 0.29) is 24.3 Å². The molecule has 0 fully saturated rings. The van der Waals surface area contributed by atoms with E-state index in [9.17, 15) is 14.4 Å². The molecule has 2 rings (SSSR count). The van der Waals surface area contributed by atoms with Crippen molar-refractivity contribution in [2.75, 3.05) is 5.32 Å². The van der Waals surface area contributed by atoms with E-state index in [4.69, 9.17) is 5.11 Å². The first-order valence-corrected chi connectivity index (χ1v) is 9.15. The Morgan fingerprint density at radius 1 is 1.15 bits per heavy atom. The third-order valence-corrected chi connectivity index (χ3v) is 4.84. The number of thiophene rings is 1. The number of carboxylic acid groups (broad SMARTS) is 1. The lowest BCUT2D eigenvalue weighted by Gasteiger charge is -2.16. The van der Waals surface area contributed by atoms with Gasteiger partial charge in [-0.2, -0.15) is 0 Å². The number of nitrogens with one attached hydrogen (secondary N) is 2. The van der Waals surface area contributed by atoms with Gasteiger partial charge in [0.2, 0.25) is 11.8 Å². The average molecular weight is 374 g/mol.